The topological polar surface area (TPSA) is 97.2 Å². The van der Waals surface area contributed by atoms with E-state index in [2.05, 4.69) is 10.5 Å². The highest BCUT2D eigenvalue weighted by molar-refractivity contribution is 5.95. The van der Waals surface area contributed by atoms with E-state index in [1.54, 1.807) is 24.3 Å². The molecule has 0 radical (unpaired) electrons. The molecule has 3 aromatic rings. The summed E-state index contributed by atoms with van der Waals surface area (Å²) in [6.45, 7) is 2.92. The average molecular weight is 418 g/mol. The number of hydrogen-bond donors (Lipinski definition) is 2. The molecule has 0 aliphatic rings. The van der Waals surface area contributed by atoms with Crippen molar-refractivity contribution in [3.05, 3.63) is 95.1 Å². The van der Waals surface area contributed by atoms with Crippen LogP contribution in [0.2, 0.25) is 0 Å². The van der Waals surface area contributed by atoms with Crippen molar-refractivity contribution >= 4 is 18.1 Å². The fourth-order valence-electron chi connectivity index (χ4n) is 2.66. The van der Waals surface area contributed by atoms with Crippen LogP contribution in [-0.2, 0) is 6.61 Å². The molecule has 0 spiro atoms. The molecule has 0 aromatic heterocycles. The molecular formula is C24H22N2O5. The van der Waals surface area contributed by atoms with E-state index < -0.39 is 5.97 Å². The fourth-order valence-corrected chi connectivity index (χ4v) is 2.66. The first-order chi connectivity index (χ1) is 15.0. The van der Waals surface area contributed by atoms with Crippen LogP contribution in [-0.4, -0.2) is 29.8 Å². The Morgan fingerprint density at radius 1 is 0.871 bits per heavy atom. The Morgan fingerprint density at radius 2 is 1.45 bits per heavy atom. The van der Waals surface area contributed by atoms with E-state index in [0.29, 0.717) is 24.3 Å². The van der Waals surface area contributed by atoms with Crippen molar-refractivity contribution in [1.29, 1.82) is 0 Å². The number of hydrazone groups is 1. The number of carboxylic acid groups (broad SMARTS) is 1. The van der Waals surface area contributed by atoms with Gasteiger partial charge in [0.05, 0.1) is 18.4 Å². The SMILES string of the molecule is CCOc1ccc(OCc2ccc(C(=O)N/N=C\c3ccc(C(=O)O)cc3)cc2)cc1. The average Bonchev–Trinajstić information content (AvgIpc) is 2.79. The molecule has 1 amide bonds. The fraction of sp³-hybridized carbons (Fsp3) is 0.125. The number of benzene rings is 3. The van der Waals surface area contributed by atoms with E-state index in [1.807, 2.05) is 43.3 Å². The highest BCUT2D eigenvalue weighted by Crippen LogP contribution is 2.18. The van der Waals surface area contributed by atoms with Gasteiger partial charge >= 0.3 is 5.97 Å². The van der Waals surface area contributed by atoms with E-state index >= 15 is 0 Å². The van der Waals surface area contributed by atoms with Gasteiger partial charge in [-0.25, -0.2) is 10.2 Å². The van der Waals surface area contributed by atoms with Crippen LogP contribution in [0, 0.1) is 0 Å². The lowest BCUT2D eigenvalue weighted by Crippen LogP contribution is -2.17. The lowest BCUT2D eigenvalue weighted by atomic mass is 10.1. The lowest BCUT2D eigenvalue weighted by molar-refractivity contribution is 0.0696. The van der Waals surface area contributed by atoms with Crippen LogP contribution >= 0.6 is 0 Å². The van der Waals surface area contributed by atoms with Gasteiger partial charge in [0.25, 0.3) is 5.91 Å². The van der Waals surface area contributed by atoms with Gasteiger partial charge in [-0.3, -0.25) is 4.79 Å². The minimum absolute atomic E-state index is 0.188. The Kier molecular flexibility index (Phi) is 7.37. The molecule has 0 unspecified atom stereocenters. The number of nitrogens with one attached hydrogen (secondary N) is 1. The van der Waals surface area contributed by atoms with E-state index in [9.17, 15) is 9.59 Å². The summed E-state index contributed by atoms with van der Waals surface area (Å²) in [6.07, 6.45) is 1.45. The zero-order valence-electron chi connectivity index (χ0n) is 16.9. The van der Waals surface area contributed by atoms with Gasteiger partial charge in [-0.1, -0.05) is 24.3 Å². The summed E-state index contributed by atoms with van der Waals surface area (Å²) < 4.78 is 11.1. The molecular weight excluding hydrogens is 396 g/mol. The molecule has 0 aliphatic heterocycles. The number of carboxylic acids is 1. The molecule has 31 heavy (non-hydrogen) atoms. The third kappa shape index (κ3) is 6.43. The maximum absolute atomic E-state index is 12.2. The van der Waals surface area contributed by atoms with Crippen LogP contribution in [0.4, 0.5) is 0 Å². The summed E-state index contributed by atoms with van der Waals surface area (Å²) in [5, 5.41) is 12.8. The highest BCUT2D eigenvalue weighted by Gasteiger charge is 2.05. The Morgan fingerprint density at radius 3 is 2.03 bits per heavy atom. The van der Waals surface area contributed by atoms with Crippen molar-refractivity contribution in [3.63, 3.8) is 0 Å². The van der Waals surface area contributed by atoms with Gasteiger partial charge in [0.1, 0.15) is 18.1 Å². The van der Waals surface area contributed by atoms with Gasteiger partial charge in [-0.2, -0.15) is 5.10 Å². The summed E-state index contributed by atoms with van der Waals surface area (Å²) in [5.74, 6) is 0.184. The monoisotopic (exact) mass is 418 g/mol. The summed E-state index contributed by atoms with van der Waals surface area (Å²) in [7, 11) is 0. The quantitative estimate of drug-likeness (QED) is 0.402. The van der Waals surface area contributed by atoms with Crippen LogP contribution in [0.1, 0.15) is 38.8 Å². The first kappa shape index (κ1) is 21.6. The summed E-state index contributed by atoms with van der Waals surface area (Å²) >= 11 is 0. The zero-order chi connectivity index (χ0) is 22.1. The number of nitrogens with zero attached hydrogens (tertiary/aromatic N) is 1. The third-order valence-corrected chi connectivity index (χ3v) is 4.29. The predicted octanol–water partition coefficient (Wildman–Crippen LogP) is 4.13. The van der Waals surface area contributed by atoms with Gasteiger partial charge < -0.3 is 14.6 Å². The number of hydrogen-bond acceptors (Lipinski definition) is 5. The minimum Gasteiger partial charge on any atom is -0.494 e. The minimum atomic E-state index is -0.995. The van der Waals surface area contributed by atoms with Crippen LogP contribution in [0.3, 0.4) is 0 Å². The van der Waals surface area contributed by atoms with Crippen LogP contribution in [0.5, 0.6) is 11.5 Å². The largest absolute Gasteiger partial charge is 0.494 e. The Bertz CT molecular complexity index is 1040. The van der Waals surface area contributed by atoms with Gasteiger partial charge in [-0.05, 0) is 66.6 Å². The van der Waals surface area contributed by atoms with Crippen molar-refractivity contribution < 1.29 is 24.2 Å². The second kappa shape index (κ2) is 10.6. The standard InChI is InChI=1S/C24H22N2O5/c1-2-30-21-11-13-22(14-12-21)31-16-18-5-7-19(8-6-18)23(27)26-25-15-17-3-9-20(10-4-17)24(28)29/h3-15H,2,16H2,1H3,(H,26,27)(H,28,29)/b25-15-. The second-order valence-electron chi connectivity index (χ2n) is 6.52. The number of rotatable bonds is 9. The molecule has 0 aliphatic carbocycles. The first-order valence-electron chi connectivity index (χ1n) is 9.66. The number of ether oxygens (including phenoxy) is 2. The van der Waals surface area contributed by atoms with Crippen LogP contribution in [0.15, 0.2) is 77.9 Å². The maximum atomic E-state index is 12.2. The Labute approximate surface area is 179 Å². The van der Waals surface area contributed by atoms with Crippen molar-refractivity contribution in [2.75, 3.05) is 6.61 Å². The summed E-state index contributed by atoms with van der Waals surface area (Å²) in [6, 6.07) is 20.6. The first-order valence-corrected chi connectivity index (χ1v) is 9.66. The zero-order valence-corrected chi connectivity index (χ0v) is 16.9. The summed E-state index contributed by atoms with van der Waals surface area (Å²) in [4.78, 5) is 23.0. The molecule has 0 saturated carbocycles. The summed E-state index contributed by atoms with van der Waals surface area (Å²) in [5.41, 5.74) is 4.69. The van der Waals surface area contributed by atoms with Gasteiger partial charge in [0, 0.05) is 5.56 Å². The molecule has 7 nitrogen and oxygen atoms in total. The number of carbonyl (C=O) groups is 2. The van der Waals surface area contributed by atoms with Crippen LogP contribution < -0.4 is 14.9 Å². The molecule has 0 saturated heterocycles. The van der Waals surface area contributed by atoms with Crippen molar-refractivity contribution in [2.45, 2.75) is 13.5 Å². The number of carbonyl (C=O) groups excluding carboxylic acids is 1. The smallest absolute Gasteiger partial charge is 0.335 e. The molecule has 7 heteroatoms. The van der Waals surface area contributed by atoms with E-state index in [-0.39, 0.29) is 11.5 Å². The highest BCUT2D eigenvalue weighted by atomic mass is 16.5. The van der Waals surface area contributed by atoms with E-state index in [4.69, 9.17) is 14.6 Å². The van der Waals surface area contributed by atoms with Crippen molar-refractivity contribution in [2.24, 2.45) is 5.10 Å². The molecule has 0 bridgehead atoms. The van der Waals surface area contributed by atoms with Gasteiger partial charge in [-0.15, -0.1) is 0 Å². The molecule has 0 fully saturated rings. The van der Waals surface area contributed by atoms with Gasteiger partial charge in [0.2, 0.25) is 0 Å². The molecule has 2 N–H and O–H groups in total. The van der Waals surface area contributed by atoms with Crippen LogP contribution in [0.25, 0.3) is 0 Å². The van der Waals surface area contributed by atoms with E-state index in [0.717, 1.165) is 17.1 Å². The normalized spacial score (nSPS) is 10.6. The Hall–Kier alpha value is -4.13. The second-order valence-corrected chi connectivity index (χ2v) is 6.52. The van der Waals surface area contributed by atoms with Crippen molar-refractivity contribution in [3.8, 4) is 11.5 Å². The molecule has 0 heterocycles. The molecule has 3 rings (SSSR count). The van der Waals surface area contributed by atoms with Crippen molar-refractivity contribution in [1.82, 2.24) is 5.43 Å². The number of amides is 1. The third-order valence-electron chi connectivity index (χ3n) is 4.29. The lowest BCUT2D eigenvalue weighted by Gasteiger charge is -2.08. The predicted molar refractivity (Wildman–Crippen MR) is 117 cm³/mol. The number of aromatic carboxylic acids is 1. The Balaban J connectivity index is 1.49. The maximum Gasteiger partial charge on any atom is 0.335 e. The molecule has 3 aromatic carbocycles. The van der Waals surface area contributed by atoms with Gasteiger partial charge in [0.15, 0.2) is 0 Å². The molecule has 0 atom stereocenters. The van der Waals surface area contributed by atoms with E-state index in [1.165, 1.54) is 18.3 Å². The molecule has 158 valence electrons.